The van der Waals surface area contributed by atoms with Gasteiger partial charge in [-0.2, -0.15) is 13.2 Å². The van der Waals surface area contributed by atoms with Crippen LogP contribution in [-0.4, -0.2) is 37.1 Å². The average molecular weight is 379 g/mol. The number of aromatic nitrogens is 1. The van der Waals surface area contributed by atoms with Gasteiger partial charge in [-0.3, -0.25) is 4.79 Å². The number of carbonyl (C=O) groups excluding carboxylic acids is 1. The van der Waals surface area contributed by atoms with Crippen LogP contribution in [0.25, 0.3) is 0 Å². The molecule has 140 valence electrons. The van der Waals surface area contributed by atoms with Crippen LogP contribution < -0.4 is 16.0 Å². The molecule has 1 aliphatic heterocycles. The van der Waals surface area contributed by atoms with Crippen LogP contribution in [0, 0.1) is 5.41 Å². The Hall–Kier alpha value is -1.54. The first-order valence-electron chi connectivity index (χ1n) is 8.14. The zero-order valence-electron chi connectivity index (χ0n) is 14.0. The molecule has 1 aliphatic rings. The smallest absolute Gasteiger partial charge is 0.368 e. The largest absolute Gasteiger partial charge is 0.417 e. The number of halogens is 4. The number of amides is 1. The maximum Gasteiger partial charge on any atom is 0.417 e. The number of hydrogen-bond acceptors (Lipinski definition) is 4. The molecule has 1 aromatic rings. The minimum Gasteiger partial charge on any atom is -0.368 e. The number of piperidine rings is 1. The van der Waals surface area contributed by atoms with Gasteiger partial charge in [-0.05, 0) is 37.4 Å². The molecule has 1 fully saturated rings. The van der Waals surface area contributed by atoms with E-state index in [0.29, 0.717) is 12.7 Å². The quantitative estimate of drug-likeness (QED) is 0.711. The molecule has 5 nitrogen and oxygen atoms in total. The minimum atomic E-state index is -4.49. The van der Waals surface area contributed by atoms with Gasteiger partial charge in [0.1, 0.15) is 5.82 Å². The summed E-state index contributed by atoms with van der Waals surface area (Å²) >= 11 is 5.80. The molecule has 1 saturated heterocycles. The Morgan fingerprint density at radius 1 is 1.40 bits per heavy atom. The van der Waals surface area contributed by atoms with Crippen molar-refractivity contribution in [1.29, 1.82) is 0 Å². The van der Waals surface area contributed by atoms with Crippen LogP contribution in [0.15, 0.2) is 12.3 Å². The van der Waals surface area contributed by atoms with Gasteiger partial charge in [-0.15, -0.1) is 0 Å². The first-order chi connectivity index (χ1) is 11.7. The van der Waals surface area contributed by atoms with Gasteiger partial charge in [0.05, 0.1) is 10.6 Å². The van der Waals surface area contributed by atoms with Crippen molar-refractivity contribution in [3.8, 4) is 0 Å². The summed E-state index contributed by atoms with van der Waals surface area (Å²) < 4.78 is 37.7. The molecule has 9 heteroatoms. The monoisotopic (exact) mass is 378 g/mol. The number of pyridine rings is 1. The highest BCUT2D eigenvalue weighted by atomic mass is 35.5. The molecule has 1 aromatic heterocycles. The van der Waals surface area contributed by atoms with Crippen molar-refractivity contribution < 1.29 is 18.0 Å². The summed E-state index contributed by atoms with van der Waals surface area (Å²) in [4.78, 5) is 15.6. The molecule has 0 saturated carbocycles. The SMILES string of the molecule is CC1(CNC(=O)CCNc2ncc(C(F)(F)F)cc2Cl)CCNCC1. The maximum absolute atomic E-state index is 12.6. The van der Waals surface area contributed by atoms with E-state index in [4.69, 9.17) is 11.6 Å². The number of hydrogen-bond donors (Lipinski definition) is 3. The fraction of sp³-hybridized carbons (Fsp3) is 0.625. The summed E-state index contributed by atoms with van der Waals surface area (Å²) in [6.07, 6.45) is -1.56. The van der Waals surface area contributed by atoms with Crippen LogP contribution in [0.1, 0.15) is 31.7 Å². The van der Waals surface area contributed by atoms with Crippen LogP contribution in [0.2, 0.25) is 5.02 Å². The number of nitrogens with zero attached hydrogens (tertiary/aromatic N) is 1. The molecule has 0 aromatic carbocycles. The number of carbonyl (C=O) groups is 1. The first-order valence-corrected chi connectivity index (χ1v) is 8.51. The topological polar surface area (TPSA) is 66.0 Å². The molecule has 0 radical (unpaired) electrons. The number of anilines is 1. The lowest BCUT2D eigenvalue weighted by Gasteiger charge is -2.34. The van der Waals surface area contributed by atoms with E-state index in [2.05, 4.69) is 27.9 Å². The number of rotatable bonds is 6. The van der Waals surface area contributed by atoms with E-state index in [1.54, 1.807) is 0 Å². The molecule has 25 heavy (non-hydrogen) atoms. The van der Waals surface area contributed by atoms with Gasteiger partial charge in [-0.25, -0.2) is 4.98 Å². The lowest BCUT2D eigenvalue weighted by Crippen LogP contribution is -2.43. The van der Waals surface area contributed by atoms with Gasteiger partial charge in [0, 0.05) is 25.7 Å². The lowest BCUT2D eigenvalue weighted by molar-refractivity contribution is -0.137. The standard InChI is InChI=1S/C16H22ClF3N4O/c1-15(3-6-21-7-4-15)10-24-13(25)2-5-22-14-12(17)8-11(9-23-14)16(18,19)20/h8-9,21H,2-7,10H2,1H3,(H,22,23)(H,24,25). The third-order valence-electron chi connectivity index (χ3n) is 4.34. The molecule has 2 rings (SSSR count). The summed E-state index contributed by atoms with van der Waals surface area (Å²) in [5, 5.41) is 8.86. The second-order valence-corrected chi connectivity index (χ2v) is 6.97. The minimum absolute atomic E-state index is 0.104. The van der Waals surface area contributed by atoms with E-state index < -0.39 is 11.7 Å². The Bertz CT molecular complexity index is 604. The summed E-state index contributed by atoms with van der Waals surface area (Å²) in [5.41, 5.74) is -0.803. The Balaban J connectivity index is 1.75. The van der Waals surface area contributed by atoms with Gasteiger partial charge in [0.15, 0.2) is 0 Å². The molecule has 2 heterocycles. The molecule has 0 aliphatic carbocycles. The maximum atomic E-state index is 12.6. The molecular formula is C16H22ClF3N4O. The van der Waals surface area contributed by atoms with Crippen molar-refractivity contribution >= 4 is 23.3 Å². The molecule has 0 bridgehead atoms. The average Bonchev–Trinajstić information content (AvgIpc) is 2.54. The Morgan fingerprint density at radius 3 is 2.68 bits per heavy atom. The molecule has 3 N–H and O–H groups in total. The van der Waals surface area contributed by atoms with Crippen molar-refractivity contribution in [2.45, 2.75) is 32.4 Å². The zero-order valence-corrected chi connectivity index (χ0v) is 14.7. The highest BCUT2D eigenvalue weighted by Gasteiger charge is 2.31. The van der Waals surface area contributed by atoms with Gasteiger partial charge >= 0.3 is 6.18 Å². The normalized spacial score (nSPS) is 17.2. The lowest BCUT2D eigenvalue weighted by atomic mass is 9.81. The summed E-state index contributed by atoms with van der Waals surface area (Å²) in [6, 6.07) is 0.814. The second-order valence-electron chi connectivity index (χ2n) is 6.57. The predicted octanol–water partition coefficient (Wildman–Crippen LogP) is 3.06. The van der Waals surface area contributed by atoms with Crippen molar-refractivity contribution in [3.63, 3.8) is 0 Å². The fourth-order valence-electron chi connectivity index (χ4n) is 2.62. The molecule has 0 spiro atoms. The highest BCUT2D eigenvalue weighted by molar-refractivity contribution is 6.32. The van der Waals surface area contributed by atoms with Gasteiger partial charge in [0.2, 0.25) is 5.91 Å². The molecule has 1 amide bonds. The Kier molecular flexibility index (Phi) is 6.51. The van der Waals surface area contributed by atoms with Crippen LogP contribution >= 0.6 is 11.6 Å². The van der Waals surface area contributed by atoms with Crippen LogP contribution in [0.3, 0.4) is 0 Å². The molecule has 0 unspecified atom stereocenters. The second kappa shape index (κ2) is 8.23. The number of nitrogens with one attached hydrogen (secondary N) is 3. The zero-order chi connectivity index (χ0) is 18.5. The van der Waals surface area contributed by atoms with Crippen molar-refractivity contribution in [2.24, 2.45) is 5.41 Å². The van der Waals surface area contributed by atoms with Crippen LogP contribution in [0.5, 0.6) is 0 Å². The Morgan fingerprint density at radius 2 is 2.08 bits per heavy atom. The molecule has 0 atom stereocenters. The van der Waals surface area contributed by atoms with Crippen LogP contribution in [0.4, 0.5) is 19.0 Å². The van der Waals surface area contributed by atoms with Crippen molar-refractivity contribution in [3.05, 3.63) is 22.8 Å². The van der Waals surface area contributed by atoms with E-state index in [0.717, 1.165) is 32.0 Å². The van der Waals surface area contributed by atoms with E-state index >= 15 is 0 Å². The predicted molar refractivity (Wildman–Crippen MR) is 90.6 cm³/mol. The van der Waals surface area contributed by atoms with Gasteiger partial charge in [0.25, 0.3) is 0 Å². The van der Waals surface area contributed by atoms with Crippen molar-refractivity contribution in [1.82, 2.24) is 15.6 Å². The number of alkyl halides is 3. The summed E-state index contributed by atoms with van der Waals surface area (Å²) in [7, 11) is 0. The molecular weight excluding hydrogens is 357 g/mol. The van der Waals surface area contributed by atoms with E-state index in [-0.39, 0.29) is 35.1 Å². The van der Waals surface area contributed by atoms with Crippen LogP contribution in [-0.2, 0) is 11.0 Å². The van der Waals surface area contributed by atoms with E-state index in [1.807, 2.05) is 0 Å². The summed E-state index contributed by atoms with van der Waals surface area (Å²) in [5.74, 6) is 0.0167. The highest BCUT2D eigenvalue weighted by Crippen LogP contribution is 2.32. The van der Waals surface area contributed by atoms with E-state index in [9.17, 15) is 18.0 Å². The van der Waals surface area contributed by atoms with E-state index in [1.165, 1.54) is 0 Å². The third kappa shape index (κ3) is 6.04. The Labute approximate surface area is 149 Å². The summed E-state index contributed by atoms with van der Waals surface area (Å²) in [6.45, 7) is 4.91. The van der Waals surface area contributed by atoms with Gasteiger partial charge in [-0.1, -0.05) is 18.5 Å². The fourth-order valence-corrected chi connectivity index (χ4v) is 2.86. The van der Waals surface area contributed by atoms with Gasteiger partial charge < -0.3 is 16.0 Å². The third-order valence-corrected chi connectivity index (χ3v) is 4.62. The first kappa shape index (κ1) is 19.8. The van der Waals surface area contributed by atoms with Crippen molar-refractivity contribution in [2.75, 3.05) is 31.5 Å².